The van der Waals surface area contributed by atoms with Gasteiger partial charge >= 0.3 is 0 Å². The summed E-state index contributed by atoms with van der Waals surface area (Å²) >= 11 is 0. The van der Waals surface area contributed by atoms with Crippen molar-refractivity contribution in [3.8, 4) is 0 Å². The number of nitrogens with one attached hydrogen (secondary N) is 1. The molecule has 0 aliphatic heterocycles. The number of hydrogen-bond acceptors (Lipinski definition) is 3. The summed E-state index contributed by atoms with van der Waals surface area (Å²) in [6.07, 6.45) is 1.59. The van der Waals surface area contributed by atoms with Crippen LogP contribution in [-0.2, 0) is 10.0 Å². The van der Waals surface area contributed by atoms with Crippen LogP contribution in [0.15, 0.2) is 29.2 Å². The highest BCUT2D eigenvalue weighted by Gasteiger charge is 2.14. The van der Waals surface area contributed by atoms with E-state index in [9.17, 15) is 8.42 Å². The van der Waals surface area contributed by atoms with Crippen LogP contribution in [0, 0.1) is 0 Å². The van der Waals surface area contributed by atoms with Crippen molar-refractivity contribution in [1.82, 2.24) is 4.72 Å². The van der Waals surface area contributed by atoms with Crippen LogP contribution >= 0.6 is 12.4 Å². The van der Waals surface area contributed by atoms with Gasteiger partial charge in [0, 0.05) is 6.54 Å². The molecule has 1 rings (SSSR count). The topological polar surface area (TPSA) is 72.2 Å². The van der Waals surface area contributed by atoms with Crippen molar-refractivity contribution in [3.05, 3.63) is 29.8 Å². The Labute approximate surface area is 122 Å². The maximum absolute atomic E-state index is 12.0. The first-order valence-corrected chi connectivity index (χ1v) is 7.75. The zero-order valence-corrected chi connectivity index (χ0v) is 13.1. The highest BCUT2D eigenvalue weighted by atomic mass is 35.5. The van der Waals surface area contributed by atoms with E-state index in [0.717, 1.165) is 18.4 Å². The fraction of sp³-hybridized carbons (Fsp3) is 0.538. The third kappa shape index (κ3) is 5.91. The monoisotopic (exact) mass is 306 g/mol. The SMILES string of the molecule is CC(C)c1cccc(S(=O)(=O)NCCCCN)c1.Cl. The molecule has 0 aliphatic rings. The summed E-state index contributed by atoms with van der Waals surface area (Å²) in [5, 5.41) is 0. The van der Waals surface area contributed by atoms with E-state index in [1.807, 2.05) is 19.9 Å². The second-order valence-electron chi connectivity index (χ2n) is 4.62. The molecule has 1 aromatic carbocycles. The van der Waals surface area contributed by atoms with Crippen LogP contribution < -0.4 is 10.5 Å². The number of sulfonamides is 1. The van der Waals surface area contributed by atoms with Crippen molar-refractivity contribution < 1.29 is 8.42 Å². The van der Waals surface area contributed by atoms with Crippen molar-refractivity contribution >= 4 is 22.4 Å². The quantitative estimate of drug-likeness (QED) is 0.759. The third-order valence-corrected chi connectivity index (χ3v) is 4.22. The number of halogens is 1. The highest BCUT2D eigenvalue weighted by Crippen LogP contribution is 2.18. The molecule has 0 saturated carbocycles. The van der Waals surface area contributed by atoms with Crippen molar-refractivity contribution in [3.63, 3.8) is 0 Å². The number of rotatable bonds is 7. The summed E-state index contributed by atoms with van der Waals surface area (Å²) in [5.74, 6) is 0.317. The molecule has 1 aromatic rings. The van der Waals surface area contributed by atoms with Crippen LogP contribution in [0.1, 0.15) is 38.2 Å². The Balaban J connectivity index is 0.00000324. The zero-order chi connectivity index (χ0) is 13.6. The maximum Gasteiger partial charge on any atom is 0.240 e. The minimum Gasteiger partial charge on any atom is -0.330 e. The molecule has 0 atom stereocenters. The van der Waals surface area contributed by atoms with Crippen LogP contribution in [0.2, 0.25) is 0 Å². The van der Waals surface area contributed by atoms with Gasteiger partial charge in [-0.15, -0.1) is 12.4 Å². The smallest absolute Gasteiger partial charge is 0.240 e. The normalized spacial score (nSPS) is 11.4. The van der Waals surface area contributed by atoms with Crippen LogP contribution in [-0.4, -0.2) is 21.5 Å². The molecule has 3 N–H and O–H groups in total. The zero-order valence-electron chi connectivity index (χ0n) is 11.4. The molecule has 19 heavy (non-hydrogen) atoms. The van der Waals surface area contributed by atoms with E-state index in [2.05, 4.69) is 4.72 Å². The Hall–Kier alpha value is -0.620. The second kappa shape index (κ2) is 8.53. The largest absolute Gasteiger partial charge is 0.330 e. The molecule has 0 amide bonds. The van der Waals surface area contributed by atoms with Gasteiger partial charge in [0.05, 0.1) is 4.90 Å². The molecule has 6 heteroatoms. The first-order chi connectivity index (χ1) is 8.47. The van der Waals surface area contributed by atoms with Gasteiger partial charge in [0.15, 0.2) is 0 Å². The Kier molecular flexibility index (Phi) is 8.25. The molecule has 0 unspecified atom stereocenters. The first-order valence-electron chi connectivity index (χ1n) is 6.27. The van der Waals surface area contributed by atoms with Crippen molar-refractivity contribution in [2.24, 2.45) is 5.73 Å². The van der Waals surface area contributed by atoms with Gasteiger partial charge in [-0.05, 0) is 43.0 Å². The maximum atomic E-state index is 12.0. The fourth-order valence-electron chi connectivity index (χ4n) is 1.60. The van der Waals surface area contributed by atoms with E-state index < -0.39 is 10.0 Å². The van der Waals surface area contributed by atoms with Crippen LogP contribution in [0.5, 0.6) is 0 Å². The molecule has 0 spiro atoms. The number of hydrogen-bond donors (Lipinski definition) is 2. The molecule has 0 saturated heterocycles. The lowest BCUT2D eigenvalue weighted by atomic mass is 10.0. The molecule has 4 nitrogen and oxygen atoms in total. The summed E-state index contributed by atoms with van der Waals surface area (Å²) in [7, 11) is -3.39. The summed E-state index contributed by atoms with van der Waals surface area (Å²) in [6.45, 7) is 5.11. The average Bonchev–Trinajstić information content (AvgIpc) is 2.35. The molecule has 0 fully saturated rings. The predicted molar refractivity (Wildman–Crippen MR) is 81.3 cm³/mol. The van der Waals surface area contributed by atoms with Crippen molar-refractivity contribution in [1.29, 1.82) is 0 Å². The minimum atomic E-state index is -3.39. The lowest BCUT2D eigenvalue weighted by Gasteiger charge is -2.10. The number of nitrogens with two attached hydrogens (primary N) is 1. The molecule has 110 valence electrons. The Bertz CT molecular complexity index is 475. The van der Waals surface area contributed by atoms with Crippen LogP contribution in [0.3, 0.4) is 0 Å². The Morgan fingerprint density at radius 3 is 2.53 bits per heavy atom. The summed E-state index contributed by atoms with van der Waals surface area (Å²) in [5.41, 5.74) is 6.39. The van der Waals surface area contributed by atoms with E-state index in [0.29, 0.717) is 23.9 Å². The molecule has 0 bridgehead atoms. The molecular weight excluding hydrogens is 284 g/mol. The number of unbranched alkanes of at least 4 members (excludes halogenated alkanes) is 1. The fourth-order valence-corrected chi connectivity index (χ4v) is 2.73. The standard InChI is InChI=1S/C13H22N2O2S.ClH/c1-11(2)12-6-5-7-13(10-12)18(16,17)15-9-4-3-8-14;/h5-7,10-11,15H,3-4,8-9,14H2,1-2H3;1H. The van der Waals surface area contributed by atoms with Gasteiger partial charge in [0.25, 0.3) is 0 Å². The van der Waals surface area contributed by atoms with E-state index in [4.69, 9.17) is 5.73 Å². The van der Waals surface area contributed by atoms with Crippen LogP contribution in [0.25, 0.3) is 0 Å². The summed E-state index contributed by atoms with van der Waals surface area (Å²) in [6, 6.07) is 7.08. The molecule has 0 aliphatic carbocycles. The number of benzene rings is 1. The van der Waals surface area contributed by atoms with E-state index in [1.165, 1.54) is 0 Å². The van der Waals surface area contributed by atoms with Gasteiger partial charge in [-0.1, -0.05) is 26.0 Å². The van der Waals surface area contributed by atoms with Crippen molar-refractivity contribution in [2.75, 3.05) is 13.1 Å². The summed E-state index contributed by atoms with van der Waals surface area (Å²) < 4.78 is 26.6. The minimum absolute atomic E-state index is 0. The lowest BCUT2D eigenvalue weighted by molar-refractivity contribution is 0.577. The summed E-state index contributed by atoms with van der Waals surface area (Å²) in [4.78, 5) is 0.335. The van der Waals surface area contributed by atoms with Gasteiger partial charge in [0.2, 0.25) is 10.0 Å². The van der Waals surface area contributed by atoms with Crippen molar-refractivity contribution in [2.45, 2.75) is 37.5 Å². The Morgan fingerprint density at radius 2 is 1.95 bits per heavy atom. The van der Waals surface area contributed by atoms with E-state index >= 15 is 0 Å². The molecule has 0 radical (unpaired) electrons. The van der Waals surface area contributed by atoms with Gasteiger partial charge in [-0.25, -0.2) is 13.1 Å². The lowest BCUT2D eigenvalue weighted by Crippen LogP contribution is -2.25. The Morgan fingerprint density at radius 1 is 1.26 bits per heavy atom. The van der Waals surface area contributed by atoms with E-state index in [1.54, 1.807) is 18.2 Å². The van der Waals surface area contributed by atoms with Gasteiger partial charge < -0.3 is 5.73 Å². The predicted octanol–water partition coefficient (Wildman–Crippen LogP) is 2.25. The third-order valence-electron chi connectivity index (χ3n) is 2.76. The average molecular weight is 307 g/mol. The van der Waals surface area contributed by atoms with Gasteiger partial charge in [-0.3, -0.25) is 0 Å². The molecule has 0 aromatic heterocycles. The van der Waals surface area contributed by atoms with Crippen LogP contribution in [0.4, 0.5) is 0 Å². The molecule has 0 heterocycles. The van der Waals surface area contributed by atoms with Gasteiger partial charge in [-0.2, -0.15) is 0 Å². The van der Waals surface area contributed by atoms with E-state index in [-0.39, 0.29) is 12.4 Å². The first kappa shape index (κ1) is 18.4. The highest BCUT2D eigenvalue weighted by molar-refractivity contribution is 7.89. The second-order valence-corrected chi connectivity index (χ2v) is 6.39. The van der Waals surface area contributed by atoms with Gasteiger partial charge in [0.1, 0.15) is 0 Å². The molecular formula is C13H23ClN2O2S.